The van der Waals surface area contributed by atoms with Gasteiger partial charge in [-0.3, -0.25) is 4.79 Å². The van der Waals surface area contributed by atoms with Crippen LogP contribution in [-0.4, -0.2) is 11.8 Å². The Morgan fingerprint density at radius 3 is 2.41 bits per heavy atom. The molecule has 1 aromatic carbocycles. The number of hydrogen-bond donors (Lipinski definition) is 1. The Morgan fingerprint density at radius 1 is 1.29 bits per heavy atom. The van der Waals surface area contributed by atoms with Crippen LogP contribution in [0.1, 0.15) is 36.2 Å². The van der Waals surface area contributed by atoms with E-state index in [1.54, 1.807) is 0 Å². The third-order valence-electron chi connectivity index (χ3n) is 2.60. The van der Waals surface area contributed by atoms with Crippen molar-refractivity contribution < 1.29 is 13.6 Å². The molecule has 0 spiro atoms. The molecule has 0 aliphatic heterocycles. The van der Waals surface area contributed by atoms with E-state index in [0.29, 0.717) is 6.42 Å². The fourth-order valence-corrected chi connectivity index (χ4v) is 1.65. The Kier molecular flexibility index (Phi) is 4.34. The average Bonchev–Trinajstić information content (AvgIpc) is 2.24. The molecule has 17 heavy (non-hydrogen) atoms. The molecule has 0 heterocycles. The summed E-state index contributed by atoms with van der Waals surface area (Å²) in [6.45, 7) is 5.28. The van der Waals surface area contributed by atoms with Crippen LogP contribution in [0.4, 0.5) is 8.78 Å². The Morgan fingerprint density at radius 2 is 1.88 bits per heavy atom. The molecule has 0 bridgehead atoms. The molecule has 0 fully saturated rings. The van der Waals surface area contributed by atoms with Gasteiger partial charge in [0.15, 0.2) is 17.4 Å². The summed E-state index contributed by atoms with van der Waals surface area (Å²) < 4.78 is 26.9. The van der Waals surface area contributed by atoms with E-state index in [1.165, 1.54) is 19.1 Å². The lowest BCUT2D eigenvalue weighted by atomic mass is 9.96. The molecule has 0 amide bonds. The number of hydrogen-bond acceptors (Lipinski definition) is 2. The predicted octanol–water partition coefficient (Wildman–Crippen LogP) is 2.83. The van der Waals surface area contributed by atoms with Crippen molar-refractivity contribution in [3.05, 3.63) is 34.9 Å². The first-order valence-corrected chi connectivity index (χ1v) is 5.59. The molecule has 1 atom stereocenters. The van der Waals surface area contributed by atoms with Gasteiger partial charge in [0, 0.05) is 0 Å². The average molecular weight is 241 g/mol. The summed E-state index contributed by atoms with van der Waals surface area (Å²) in [7, 11) is 0. The maximum atomic E-state index is 13.6. The summed E-state index contributed by atoms with van der Waals surface area (Å²) >= 11 is 0. The highest BCUT2D eigenvalue weighted by Gasteiger charge is 2.22. The van der Waals surface area contributed by atoms with Gasteiger partial charge in [-0.2, -0.15) is 0 Å². The fraction of sp³-hybridized carbons (Fsp3) is 0.462. The zero-order valence-corrected chi connectivity index (χ0v) is 10.3. The zero-order chi connectivity index (χ0) is 13.2. The van der Waals surface area contributed by atoms with Crippen LogP contribution in [0.25, 0.3) is 0 Å². The van der Waals surface area contributed by atoms with Crippen LogP contribution in [-0.2, 0) is 0 Å². The summed E-state index contributed by atoms with van der Waals surface area (Å²) in [5, 5.41) is 0. The van der Waals surface area contributed by atoms with Gasteiger partial charge in [-0.1, -0.05) is 19.9 Å². The Labute approximate surface area is 99.8 Å². The molecule has 1 aromatic rings. The molecule has 4 heteroatoms. The highest BCUT2D eigenvalue weighted by atomic mass is 19.2. The molecule has 0 radical (unpaired) electrons. The van der Waals surface area contributed by atoms with Gasteiger partial charge in [-0.25, -0.2) is 8.78 Å². The molecular weight excluding hydrogens is 224 g/mol. The number of rotatable bonds is 4. The van der Waals surface area contributed by atoms with Crippen molar-refractivity contribution in [2.24, 2.45) is 11.7 Å². The van der Waals surface area contributed by atoms with Gasteiger partial charge in [-0.15, -0.1) is 0 Å². The highest BCUT2D eigenvalue weighted by molar-refractivity contribution is 6.00. The molecule has 2 nitrogen and oxygen atoms in total. The second-order valence-electron chi connectivity index (χ2n) is 4.66. The molecule has 0 saturated carbocycles. The van der Waals surface area contributed by atoms with Gasteiger partial charge in [0.05, 0.1) is 11.6 Å². The minimum atomic E-state index is -1.10. The molecular formula is C13H17F2NO. The first kappa shape index (κ1) is 13.8. The van der Waals surface area contributed by atoms with Crippen molar-refractivity contribution in [2.75, 3.05) is 0 Å². The molecule has 94 valence electrons. The maximum Gasteiger partial charge on any atom is 0.182 e. The van der Waals surface area contributed by atoms with E-state index in [9.17, 15) is 13.6 Å². The fourth-order valence-electron chi connectivity index (χ4n) is 1.65. The van der Waals surface area contributed by atoms with Crippen LogP contribution in [0.5, 0.6) is 0 Å². The van der Waals surface area contributed by atoms with Crippen molar-refractivity contribution in [1.82, 2.24) is 0 Å². The quantitative estimate of drug-likeness (QED) is 0.824. The minimum Gasteiger partial charge on any atom is -0.321 e. The SMILES string of the molecule is Cc1ccc(C(=O)C(N)CC(C)C)c(F)c1F. The van der Waals surface area contributed by atoms with E-state index in [2.05, 4.69) is 0 Å². The van der Waals surface area contributed by atoms with Crippen LogP contribution in [0.2, 0.25) is 0 Å². The normalized spacial score (nSPS) is 12.9. The summed E-state index contributed by atoms with van der Waals surface area (Å²) in [5.74, 6) is -2.40. The van der Waals surface area contributed by atoms with Crippen molar-refractivity contribution in [2.45, 2.75) is 33.2 Å². The summed E-state index contributed by atoms with van der Waals surface area (Å²) in [6, 6.07) is 1.89. The Balaban J connectivity index is 3.01. The smallest absolute Gasteiger partial charge is 0.182 e. The Hall–Kier alpha value is -1.29. The number of benzene rings is 1. The minimum absolute atomic E-state index is 0.177. The number of Topliss-reactive ketones (excluding diaryl/α,β-unsaturated/α-hetero) is 1. The van der Waals surface area contributed by atoms with Crippen LogP contribution in [0, 0.1) is 24.5 Å². The van der Waals surface area contributed by atoms with Crippen LogP contribution in [0.3, 0.4) is 0 Å². The van der Waals surface area contributed by atoms with E-state index in [1.807, 2.05) is 13.8 Å². The molecule has 0 aliphatic carbocycles. The van der Waals surface area contributed by atoms with Crippen LogP contribution in [0.15, 0.2) is 12.1 Å². The number of ketones is 1. The molecule has 0 saturated heterocycles. The third-order valence-corrected chi connectivity index (χ3v) is 2.60. The second-order valence-corrected chi connectivity index (χ2v) is 4.66. The molecule has 1 unspecified atom stereocenters. The third kappa shape index (κ3) is 3.09. The summed E-state index contributed by atoms with van der Waals surface area (Å²) in [6.07, 6.45) is 0.452. The van der Waals surface area contributed by atoms with E-state index in [0.717, 1.165) is 0 Å². The molecule has 0 aliphatic rings. The summed E-state index contributed by atoms with van der Waals surface area (Å²) in [4.78, 5) is 11.8. The van der Waals surface area contributed by atoms with E-state index < -0.39 is 23.5 Å². The van der Waals surface area contributed by atoms with E-state index in [4.69, 9.17) is 5.73 Å². The lowest BCUT2D eigenvalue weighted by Crippen LogP contribution is -2.32. The van der Waals surface area contributed by atoms with Crippen molar-refractivity contribution >= 4 is 5.78 Å². The van der Waals surface area contributed by atoms with Gasteiger partial charge in [0.2, 0.25) is 0 Å². The largest absolute Gasteiger partial charge is 0.321 e. The number of aryl methyl sites for hydroxylation is 1. The summed E-state index contributed by atoms with van der Waals surface area (Å²) in [5.41, 5.74) is 5.58. The van der Waals surface area contributed by atoms with Gasteiger partial charge in [0.25, 0.3) is 0 Å². The predicted molar refractivity (Wildman–Crippen MR) is 62.9 cm³/mol. The van der Waals surface area contributed by atoms with Crippen molar-refractivity contribution in [3.63, 3.8) is 0 Å². The van der Waals surface area contributed by atoms with E-state index >= 15 is 0 Å². The van der Waals surface area contributed by atoms with Gasteiger partial charge in [0.1, 0.15) is 0 Å². The second kappa shape index (κ2) is 5.36. The highest BCUT2D eigenvalue weighted by Crippen LogP contribution is 2.18. The van der Waals surface area contributed by atoms with Crippen molar-refractivity contribution in [1.29, 1.82) is 0 Å². The number of halogens is 2. The lowest BCUT2D eigenvalue weighted by molar-refractivity contribution is 0.0946. The standard InChI is InChI=1S/C13H17F2NO/c1-7(2)6-10(16)13(17)9-5-4-8(3)11(14)12(9)15/h4-5,7,10H,6,16H2,1-3H3. The zero-order valence-electron chi connectivity index (χ0n) is 10.3. The van der Waals surface area contributed by atoms with Crippen LogP contribution < -0.4 is 5.73 Å². The maximum absolute atomic E-state index is 13.6. The monoisotopic (exact) mass is 241 g/mol. The first-order chi connectivity index (χ1) is 7.84. The van der Waals surface area contributed by atoms with Gasteiger partial charge in [-0.05, 0) is 30.9 Å². The van der Waals surface area contributed by atoms with Crippen molar-refractivity contribution in [3.8, 4) is 0 Å². The molecule has 0 aromatic heterocycles. The van der Waals surface area contributed by atoms with Crippen LogP contribution >= 0.6 is 0 Å². The first-order valence-electron chi connectivity index (χ1n) is 5.59. The molecule has 2 N–H and O–H groups in total. The number of carbonyl (C=O) groups excluding carboxylic acids is 1. The van der Waals surface area contributed by atoms with E-state index in [-0.39, 0.29) is 17.0 Å². The topological polar surface area (TPSA) is 43.1 Å². The van der Waals surface area contributed by atoms with Gasteiger partial charge < -0.3 is 5.73 Å². The lowest BCUT2D eigenvalue weighted by Gasteiger charge is -2.13. The number of nitrogens with two attached hydrogens (primary N) is 1. The number of carbonyl (C=O) groups is 1. The van der Waals surface area contributed by atoms with Gasteiger partial charge >= 0.3 is 0 Å². The molecule has 1 rings (SSSR count). The Bertz CT molecular complexity index is 430.